The molecule has 1 aromatic carbocycles. The SMILES string of the molecule is CCCn1cc(CNc2ccccc2C(C)C)cn1. The molecule has 3 heteroatoms. The Balaban J connectivity index is 2.01. The van der Waals surface area contributed by atoms with Crippen LogP contribution < -0.4 is 5.32 Å². The van der Waals surface area contributed by atoms with E-state index >= 15 is 0 Å². The van der Waals surface area contributed by atoms with Gasteiger partial charge in [-0.15, -0.1) is 0 Å². The molecule has 1 N–H and O–H groups in total. The fourth-order valence-corrected chi connectivity index (χ4v) is 2.21. The van der Waals surface area contributed by atoms with Gasteiger partial charge in [0.2, 0.25) is 0 Å². The Labute approximate surface area is 115 Å². The van der Waals surface area contributed by atoms with Crippen LogP contribution in [0.15, 0.2) is 36.7 Å². The van der Waals surface area contributed by atoms with Crippen molar-refractivity contribution in [3.8, 4) is 0 Å². The predicted molar refractivity (Wildman–Crippen MR) is 80.4 cm³/mol. The Morgan fingerprint density at radius 3 is 2.79 bits per heavy atom. The number of rotatable bonds is 6. The maximum atomic E-state index is 4.35. The van der Waals surface area contributed by atoms with E-state index in [2.05, 4.69) is 61.6 Å². The zero-order valence-electron chi connectivity index (χ0n) is 12.1. The fraction of sp³-hybridized carbons (Fsp3) is 0.438. The molecule has 2 aromatic rings. The van der Waals surface area contributed by atoms with Crippen LogP contribution in [0.2, 0.25) is 0 Å². The third-order valence-electron chi connectivity index (χ3n) is 3.21. The van der Waals surface area contributed by atoms with Gasteiger partial charge in [0, 0.05) is 30.5 Å². The van der Waals surface area contributed by atoms with Crippen LogP contribution in [0.25, 0.3) is 0 Å². The Hall–Kier alpha value is -1.77. The largest absolute Gasteiger partial charge is 0.381 e. The van der Waals surface area contributed by atoms with Crippen LogP contribution in [-0.2, 0) is 13.1 Å². The summed E-state index contributed by atoms with van der Waals surface area (Å²) in [6.07, 6.45) is 5.18. The summed E-state index contributed by atoms with van der Waals surface area (Å²) >= 11 is 0. The molecule has 2 rings (SSSR count). The van der Waals surface area contributed by atoms with Crippen molar-refractivity contribution in [2.45, 2.75) is 46.2 Å². The van der Waals surface area contributed by atoms with Gasteiger partial charge in [0.25, 0.3) is 0 Å². The molecular weight excluding hydrogens is 234 g/mol. The molecule has 0 spiro atoms. The number of aromatic nitrogens is 2. The zero-order chi connectivity index (χ0) is 13.7. The molecule has 0 bridgehead atoms. The highest BCUT2D eigenvalue weighted by atomic mass is 15.3. The highest BCUT2D eigenvalue weighted by Crippen LogP contribution is 2.24. The molecule has 0 saturated carbocycles. The predicted octanol–water partition coefficient (Wildman–Crippen LogP) is 4.03. The lowest BCUT2D eigenvalue weighted by Crippen LogP contribution is -2.03. The van der Waals surface area contributed by atoms with E-state index in [-0.39, 0.29) is 0 Å². The Morgan fingerprint density at radius 1 is 1.26 bits per heavy atom. The van der Waals surface area contributed by atoms with E-state index in [0.29, 0.717) is 5.92 Å². The summed E-state index contributed by atoms with van der Waals surface area (Å²) in [5.41, 5.74) is 3.82. The standard InChI is InChI=1S/C16H23N3/c1-4-9-19-12-14(11-18-19)10-17-16-8-6-5-7-15(16)13(2)3/h5-8,11-13,17H,4,9-10H2,1-3H3. The first-order chi connectivity index (χ1) is 9.20. The number of aryl methyl sites for hydroxylation is 1. The van der Waals surface area contributed by atoms with Gasteiger partial charge in [0.15, 0.2) is 0 Å². The van der Waals surface area contributed by atoms with Gasteiger partial charge in [-0.05, 0) is 24.0 Å². The molecule has 19 heavy (non-hydrogen) atoms. The van der Waals surface area contributed by atoms with E-state index in [1.54, 1.807) is 0 Å². The monoisotopic (exact) mass is 257 g/mol. The lowest BCUT2D eigenvalue weighted by Gasteiger charge is -2.13. The van der Waals surface area contributed by atoms with Crippen LogP contribution in [0, 0.1) is 0 Å². The van der Waals surface area contributed by atoms with E-state index in [1.807, 2.05) is 10.9 Å². The van der Waals surface area contributed by atoms with Crippen molar-refractivity contribution in [3.05, 3.63) is 47.8 Å². The number of anilines is 1. The summed E-state index contributed by atoms with van der Waals surface area (Å²) in [5.74, 6) is 0.534. The van der Waals surface area contributed by atoms with Gasteiger partial charge < -0.3 is 5.32 Å². The molecule has 0 unspecified atom stereocenters. The molecule has 0 saturated heterocycles. The molecule has 0 amide bonds. The van der Waals surface area contributed by atoms with Gasteiger partial charge in [-0.1, -0.05) is 39.0 Å². The highest BCUT2D eigenvalue weighted by Gasteiger charge is 2.05. The van der Waals surface area contributed by atoms with Crippen molar-refractivity contribution in [2.75, 3.05) is 5.32 Å². The third-order valence-corrected chi connectivity index (χ3v) is 3.21. The number of para-hydroxylation sites is 1. The topological polar surface area (TPSA) is 29.9 Å². The van der Waals surface area contributed by atoms with Crippen molar-refractivity contribution in [2.24, 2.45) is 0 Å². The minimum absolute atomic E-state index is 0.534. The van der Waals surface area contributed by atoms with Gasteiger partial charge in [0.1, 0.15) is 0 Å². The van der Waals surface area contributed by atoms with Gasteiger partial charge >= 0.3 is 0 Å². The molecule has 0 aliphatic rings. The number of nitrogens with one attached hydrogen (secondary N) is 1. The quantitative estimate of drug-likeness (QED) is 0.846. The Kier molecular flexibility index (Phi) is 4.61. The molecule has 1 heterocycles. The van der Waals surface area contributed by atoms with E-state index in [1.165, 1.54) is 16.8 Å². The van der Waals surface area contributed by atoms with Crippen molar-refractivity contribution in [1.29, 1.82) is 0 Å². The first-order valence-electron chi connectivity index (χ1n) is 7.04. The van der Waals surface area contributed by atoms with Crippen LogP contribution in [0.4, 0.5) is 5.69 Å². The van der Waals surface area contributed by atoms with Crippen molar-refractivity contribution >= 4 is 5.69 Å². The van der Waals surface area contributed by atoms with E-state index in [9.17, 15) is 0 Å². The smallest absolute Gasteiger partial charge is 0.0539 e. The highest BCUT2D eigenvalue weighted by molar-refractivity contribution is 5.52. The van der Waals surface area contributed by atoms with Crippen molar-refractivity contribution < 1.29 is 0 Å². The fourth-order valence-electron chi connectivity index (χ4n) is 2.21. The normalized spacial score (nSPS) is 10.9. The minimum Gasteiger partial charge on any atom is -0.381 e. The van der Waals surface area contributed by atoms with E-state index < -0.39 is 0 Å². The number of hydrogen-bond donors (Lipinski definition) is 1. The Bertz CT molecular complexity index is 514. The van der Waals surface area contributed by atoms with Crippen LogP contribution in [-0.4, -0.2) is 9.78 Å². The van der Waals surface area contributed by atoms with Gasteiger partial charge in [-0.3, -0.25) is 4.68 Å². The Morgan fingerprint density at radius 2 is 2.05 bits per heavy atom. The van der Waals surface area contributed by atoms with Gasteiger partial charge in [-0.25, -0.2) is 0 Å². The molecule has 1 aromatic heterocycles. The number of benzene rings is 1. The van der Waals surface area contributed by atoms with Crippen molar-refractivity contribution in [1.82, 2.24) is 9.78 Å². The van der Waals surface area contributed by atoms with E-state index in [4.69, 9.17) is 0 Å². The lowest BCUT2D eigenvalue weighted by molar-refractivity contribution is 0.602. The summed E-state index contributed by atoms with van der Waals surface area (Å²) in [7, 11) is 0. The maximum Gasteiger partial charge on any atom is 0.0539 e. The van der Waals surface area contributed by atoms with Crippen LogP contribution in [0.3, 0.4) is 0 Å². The molecule has 0 atom stereocenters. The molecule has 0 aliphatic carbocycles. The molecule has 3 nitrogen and oxygen atoms in total. The summed E-state index contributed by atoms with van der Waals surface area (Å²) in [5, 5.41) is 7.87. The minimum atomic E-state index is 0.534. The van der Waals surface area contributed by atoms with Crippen LogP contribution >= 0.6 is 0 Å². The average Bonchev–Trinajstić information content (AvgIpc) is 2.85. The van der Waals surface area contributed by atoms with Gasteiger partial charge in [-0.2, -0.15) is 5.10 Å². The van der Waals surface area contributed by atoms with Crippen molar-refractivity contribution in [3.63, 3.8) is 0 Å². The first-order valence-corrected chi connectivity index (χ1v) is 7.04. The summed E-state index contributed by atoms with van der Waals surface area (Å²) in [6, 6.07) is 8.51. The lowest BCUT2D eigenvalue weighted by atomic mass is 10.0. The summed E-state index contributed by atoms with van der Waals surface area (Å²) < 4.78 is 2.01. The maximum absolute atomic E-state index is 4.35. The van der Waals surface area contributed by atoms with E-state index in [0.717, 1.165) is 19.5 Å². The summed E-state index contributed by atoms with van der Waals surface area (Å²) in [6.45, 7) is 8.42. The van der Waals surface area contributed by atoms with Crippen LogP contribution in [0.5, 0.6) is 0 Å². The molecular formula is C16H23N3. The zero-order valence-corrected chi connectivity index (χ0v) is 12.1. The summed E-state index contributed by atoms with van der Waals surface area (Å²) in [4.78, 5) is 0. The third kappa shape index (κ3) is 3.60. The number of nitrogens with zero attached hydrogens (tertiary/aromatic N) is 2. The number of hydrogen-bond acceptors (Lipinski definition) is 2. The second-order valence-electron chi connectivity index (χ2n) is 5.21. The molecule has 0 aliphatic heterocycles. The second-order valence-corrected chi connectivity index (χ2v) is 5.21. The van der Waals surface area contributed by atoms with Gasteiger partial charge in [0.05, 0.1) is 6.20 Å². The molecule has 0 radical (unpaired) electrons. The molecule has 0 fully saturated rings. The molecule has 102 valence electrons. The average molecular weight is 257 g/mol. The first kappa shape index (κ1) is 13.7. The second kappa shape index (κ2) is 6.41. The van der Waals surface area contributed by atoms with Crippen LogP contribution in [0.1, 0.15) is 44.2 Å².